The van der Waals surface area contributed by atoms with Crippen molar-refractivity contribution in [2.45, 2.75) is 39.0 Å². The molecule has 6 rings (SSSR count). The Hall–Kier alpha value is -5.09. The van der Waals surface area contributed by atoms with Crippen LogP contribution in [0, 0.1) is 20.8 Å². The molecule has 1 aliphatic heterocycles. The van der Waals surface area contributed by atoms with Crippen molar-refractivity contribution in [3.63, 3.8) is 0 Å². The molecule has 0 spiro atoms. The van der Waals surface area contributed by atoms with Crippen LogP contribution in [0.3, 0.4) is 0 Å². The van der Waals surface area contributed by atoms with Gasteiger partial charge in [-0.1, -0.05) is 48.5 Å². The number of hydrogen-bond donors (Lipinski definition) is 0. The van der Waals surface area contributed by atoms with Gasteiger partial charge in [-0.25, -0.2) is 13.2 Å². The van der Waals surface area contributed by atoms with E-state index in [-0.39, 0.29) is 29.7 Å². The lowest BCUT2D eigenvalue weighted by Crippen LogP contribution is -2.49. The molecular formula is C39H41N3O6S. The molecule has 9 nitrogen and oxygen atoms in total. The van der Waals surface area contributed by atoms with Crippen molar-refractivity contribution < 1.29 is 27.2 Å². The normalized spacial score (nSPS) is 13.5. The number of para-hydroxylation sites is 2. The minimum absolute atomic E-state index is 0.000790. The van der Waals surface area contributed by atoms with E-state index in [2.05, 4.69) is 4.90 Å². The van der Waals surface area contributed by atoms with E-state index < -0.39 is 16.0 Å². The van der Waals surface area contributed by atoms with Gasteiger partial charge in [-0.2, -0.15) is 0 Å². The highest BCUT2D eigenvalue weighted by molar-refractivity contribution is 7.92. The largest absolute Gasteiger partial charge is 0.460 e. The topological polar surface area (TPSA) is 100 Å². The molecule has 0 saturated carbocycles. The molecule has 0 atom stereocenters. The summed E-state index contributed by atoms with van der Waals surface area (Å²) in [6.07, 6.45) is 0.493. The summed E-state index contributed by atoms with van der Waals surface area (Å²) in [4.78, 5) is 30.0. The quantitative estimate of drug-likeness (QED) is 0.148. The molecule has 0 bridgehead atoms. The smallest absolute Gasteiger partial charge is 0.374 e. The number of anilines is 2. The van der Waals surface area contributed by atoms with Crippen molar-refractivity contribution in [1.82, 2.24) is 4.90 Å². The number of carbonyl (C=O) groups excluding carboxylic acids is 2. The molecule has 1 fully saturated rings. The zero-order valence-corrected chi connectivity index (χ0v) is 29.1. The predicted molar refractivity (Wildman–Crippen MR) is 192 cm³/mol. The van der Waals surface area contributed by atoms with E-state index >= 15 is 0 Å². The SMILES string of the molecule is CCOC(=O)c1oc2ccc(S(=O)(=O)N(CCc3ccccc3)c3ccccc3N3CCN(C(=O)c4ccc(C)c(C)c4)CC3)cc2c1C. The van der Waals surface area contributed by atoms with Crippen LogP contribution >= 0.6 is 0 Å². The van der Waals surface area contributed by atoms with E-state index in [0.717, 1.165) is 22.4 Å². The summed E-state index contributed by atoms with van der Waals surface area (Å²) in [5.74, 6) is -0.526. The van der Waals surface area contributed by atoms with Crippen LogP contribution in [0.5, 0.6) is 0 Å². The minimum atomic E-state index is -4.10. The highest BCUT2D eigenvalue weighted by atomic mass is 32.2. The highest BCUT2D eigenvalue weighted by Crippen LogP contribution is 2.36. The predicted octanol–water partition coefficient (Wildman–Crippen LogP) is 6.94. The van der Waals surface area contributed by atoms with Gasteiger partial charge >= 0.3 is 5.97 Å². The number of fused-ring (bicyclic) bond motifs is 1. The monoisotopic (exact) mass is 679 g/mol. The van der Waals surface area contributed by atoms with Crippen molar-refractivity contribution in [3.05, 3.63) is 125 Å². The number of ether oxygens (including phenoxy) is 1. The van der Waals surface area contributed by atoms with Gasteiger partial charge in [0.15, 0.2) is 0 Å². The number of sulfonamides is 1. The second-order valence-corrected chi connectivity index (χ2v) is 14.2. The summed E-state index contributed by atoms with van der Waals surface area (Å²) in [7, 11) is -4.10. The van der Waals surface area contributed by atoms with Gasteiger partial charge in [0.1, 0.15) is 5.58 Å². The fourth-order valence-electron chi connectivity index (χ4n) is 6.27. The van der Waals surface area contributed by atoms with E-state index in [1.807, 2.05) is 91.5 Å². The number of piperazine rings is 1. The third-order valence-corrected chi connectivity index (χ3v) is 11.0. The number of rotatable bonds is 10. The summed E-state index contributed by atoms with van der Waals surface area (Å²) in [5.41, 5.74) is 6.18. The van der Waals surface area contributed by atoms with Crippen molar-refractivity contribution in [1.29, 1.82) is 0 Å². The number of aryl methyl sites for hydroxylation is 3. The molecule has 1 saturated heterocycles. The van der Waals surface area contributed by atoms with Gasteiger partial charge in [-0.3, -0.25) is 9.10 Å². The summed E-state index contributed by atoms with van der Waals surface area (Å²) >= 11 is 0. The first-order valence-corrected chi connectivity index (χ1v) is 18.0. The van der Waals surface area contributed by atoms with E-state index in [9.17, 15) is 18.0 Å². The Bertz CT molecular complexity index is 2100. The van der Waals surface area contributed by atoms with Gasteiger partial charge in [0.2, 0.25) is 5.76 Å². The maximum Gasteiger partial charge on any atom is 0.374 e. The van der Waals surface area contributed by atoms with E-state index in [1.165, 1.54) is 10.4 Å². The molecule has 1 aromatic heterocycles. The van der Waals surface area contributed by atoms with Crippen LogP contribution in [0.2, 0.25) is 0 Å². The van der Waals surface area contributed by atoms with Crippen LogP contribution in [-0.4, -0.2) is 64.5 Å². The number of benzene rings is 4. The minimum Gasteiger partial charge on any atom is -0.460 e. The molecule has 254 valence electrons. The molecule has 1 amide bonds. The first-order valence-electron chi connectivity index (χ1n) is 16.6. The number of furan rings is 1. The lowest BCUT2D eigenvalue weighted by molar-refractivity contribution is 0.0491. The van der Waals surface area contributed by atoms with Crippen LogP contribution < -0.4 is 9.21 Å². The molecular weight excluding hydrogens is 639 g/mol. The van der Waals surface area contributed by atoms with Crippen molar-refractivity contribution in [3.8, 4) is 0 Å². The van der Waals surface area contributed by atoms with Crippen LogP contribution in [0.15, 0.2) is 100 Å². The summed E-state index contributed by atoms with van der Waals surface area (Å²) in [6, 6.07) is 27.8. The Morgan fingerprint density at radius 1 is 0.837 bits per heavy atom. The van der Waals surface area contributed by atoms with Crippen LogP contribution in [-0.2, 0) is 21.2 Å². The van der Waals surface area contributed by atoms with Gasteiger partial charge in [-0.15, -0.1) is 0 Å². The van der Waals surface area contributed by atoms with Gasteiger partial charge in [0.05, 0.1) is 22.9 Å². The lowest BCUT2D eigenvalue weighted by atomic mass is 10.1. The third kappa shape index (κ3) is 6.91. The zero-order chi connectivity index (χ0) is 34.7. The van der Waals surface area contributed by atoms with Crippen molar-refractivity contribution in [2.75, 3.05) is 48.5 Å². The molecule has 10 heteroatoms. The molecule has 0 radical (unpaired) electrons. The van der Waals surface area contributed by atoms with Gasteiger partial charge in [0, 0.05) is 49.2 Å². The average molecular weight is 680 g/mol. The molecule has 49 heavy (non-hydrogen) atoms. The molecule has 2 heterocycles. The molecule has 4 aromatic carbocycles. The first kappa shape index (κ1) is 33.8. The number of nitrogens with zero attached hydrogens (tertiary/aromatic N) is 3. The van der Waals surface area contributed by atoms with Gasteiger partial charge in [0.25, 0.3) is 15.9 Å². The molecule has 5 aromatic rings. The van der Waals surface area contributed by atoms with E-state index in [1.54, 1.807) is 26.0 Å². The number of amides is 1. The fraction of sp³-hybridized carbons (Fsp3) is 0.282. The van der Waals surface area contributed by atoms with Crippen LogP contribution in [0.1, 0.15) is 50.1 Å². The Morgan fingerprint density at radius 2 is 1.55 bits per heavy atom. The molecule has 0 aliphatic carbocycles. The Balaban J connectivity index is 1.32. The summed E-state index contributed by atoms with van der Waals surface area (Å²) in [6.45, 7) is 10.00. The fourth-order valence-corrected chi connectivity index (χ4v) is 7.78. The standard InChI is InChI=1S/C39H41N3O6S/c1-5-47-39(44)37-29(4)33-26-32(17-18-36(33)48-37)49(45,46)42(20-19-30-11-7-6-8-12-30)35-14-10-9-13-34(35)40-21-23-41(24-22-40)38(43)31-16-15-27(2)28(3)25-31/h6-18,25-26H,5,19-24H2,1-4H3. The third-order valence-electron chi connectivity index (χ3n) is 9.21. The lowest BCUT2D eigenvalue weighted by Gasteiger charge is -2.38. The Kier molecular flexibility index (Phi) is 9.78. The number of hydrogen-bond acceptors (Lipinski definition) is 7. The second-order valence-electron chi connectivity index (χ2n) is 12.3. The average Bonchev–Trinajstić information content (AvgIpc) is 3.45. The summed E-state index contributed by atoms with van der Waals surface area (Å²) < 4.78 is 41.7. The Morgan fingerprint density at radius 3 is 2.27 bits per heavy atom. The van der Waals surface area contributed by atoms with Gasteiger partial charge in [-0.05, 0) is 93.3 Å². The molecule has 1 aliphatic rings. The first-order chi connectivity index (χ1) is 23.6. The van der Waals surface area contributed by atoms with Crippen LogP contribution in [0.4, 0.5) is 11.4 Å². The zero-order valence-electron chi connectivity index (χ0n) is 28.3. The maximum absolute atomic E-state index is 14.7. The Labute approximate surface area is 287 Å². The molecule has 0 unspecified atom stereocenters. The number of carbonyl (C=O) groups is 2. The van der Waals surface area contributed by atoms with Crippen molar-refractivity contribution >= 4 is 44.2 Å². The summed E-state index contributed by atoms with van der Waals surface area (Å²) in [5, 5.41) is 0.532. The van der Waals surface area contributed by atoms with Crippen molar-refractivity contribution in [2.24, 2.45) is 0 Å². The van der Waals surface area contributed by atoms with E-state index in [0.29, 0.717) is 60.4 Å². The van der Waals surface area contributed by atoms with E-state index in [4.69, 9.17) is 9.15 Å². The van der Waals surface area contributed by atoms with Crippen LogP contribution in [0.25, 0.3) is 11.0 Å². The number of esters is 1. The molecule has 0 N–H and O–H groups in total. The highest BCUT2D eigenvalue weighted by Gasteiger charge is 2.31. The second kappa shape index (κ2) is 14.2. The maximum atomic E-state index is 14.7. The van der Waals surface area contributed by atoms with Gasteiger partial charge < -0.3 is 19.0 Å².